The van der Waals surface area contributed by atoms with E-state index in [0.29, 0.717) is 45.0 Å². The zero-order valence-electron chi connectivity index (χ0n) is 14.9. The van der Waals surface area contributed by atoms with Crippen LogP contribution in [0.2, 0.25) is 0 Å². The number of carbonyl (C=O) groups is 2. The molecule has 1 saturated heterocycles. The van der Waals surface area contributed by atoms with Gasteiger partial charge in [-0.15, -0.1) is 0 Å². The van der Waals surface area contributed by atoms with Crippen LogP contribution in [0.5, 0.6) is 0 Å². The molecular formula is C19H23N5O2. The molecule has 1 N–H and O–H groups in total. The summed E-state index contributed by atoms with van der Waals surface area (Å²) in [6.07, 6.45) is 3.11. The van der Waals surface area contributed by atoms with Crippen LogP contribution in [0.25, 0.3) is 0 Å². The summed E-state index contributed by atoms with van der Waals surface area (Å²) in [5.74, 6) is -0.108. The Bertz CT molecular complexity index is 740. The van der Waals surface area contributed by atoms with Crippen LogP contribution < -0.4 is 5.32 Å². The van der Waals surface area contributed by atoms with Crippen LogP contribution in [0.4, 0.5) is 0 Å². The van der Waals surface area contributed by atoms with Crippen molar-refractivity contribution in [2.24, 2.45) is 0 Å². The predicted molar refractivity (Wildman–Crippen MR) is 97.4 cm³/mol. The quantitative estimate of drug-likeness (QED) is 0.863. The Balaban J connectivity index is 1.42. The second kappa shape index (κ2) is 8.53. The Morgan fingerprint density at radius 1 is 1.04 bits per heavy atom. The molecule has 1 aliphatic heterocycles. The van der Waals surface area contributed by atoms with Crippen molar-refractivity contribution in [1.82, 2.24) is 25.1 Å². The first-order valence-electron chi connectivity index (χ1n) is 8.73. The van der Waals surface area contributed by atoms with Gasteiger partial charge < -0.3 is 10.2 Å². The van der Waals surface area contributed by atoms with Crippen molar-refractivity contribution in [1.29, 1.82) is 0 Å². The van der Waals surface area contributed by atoms with E-state index in [4.69, 9.17) is 0 Å². The molecule has 0 bridgehead atoms. The van der Waals surface area contributed by atoms with E-state index < -0.39 is 0 Å². The molecule has 7 nitrogen and oxygen atoms in total. The van der Waals surface area contributed by atoms with Crippen molar-refractivity contribution in [2.45, 2.75) is 13.5 Å². The maximum absolute atomic E-state index is 12.4. The maximum Gasteiger partial charge on any atom is 0.274 e. The molecule has 136 valence electrons. The number of carbonyl (C=O) groups excluding carboxylic acids is 2. The fraction of sp³-hybridized carbons (Fsp3) is 0.368. The number of hydrogen-bond acceptors (Lipinski definition) is 5. The lowest BCUT2D eigenvalue weighted by molar-refractivity contribution is -0.122. The molecule has 0 atom stereocenters. The third kappa shape index (κ3) is 4.86. The molecule has 0 unspecified atom stereocenters. The number of aryl methyl sites for hydroxylation is 1. The van der Waals surface area contributed by atoms with Gasteiger partial charge in [-0.2, -0.15) is 0 Å². The number of nitrogens with one attached hydrogen (secondary N) is 1. The van der Waals surface area contributed by atoms with Crippen LogP contribution >= 0.6 is 0 Å². The van der Waals surface area contributed by atoms with Crippen molar-refractivity contribution in [3.05, 3.63) is 59.7 Å². The number of nitrogens with zero attached hydrogens (tertiary/aromatic N) is 4. The molecule has 0 radical (unpaired) electrons. The SMILES string of the molecule is Cc1cnc(C(=O)N2CCN(CC(=O)NCc3ccccc3)CC2)cn1. The zero-order chi connectivity index (χ0) is 18.4. The Labute approximate surface area is 153 Å². The van der Waals surface area contributed by atoms with Crippen molar-refractivity contribution in [3.63, 3.8) is 0 Å². The molecule has 26 heavy (non-hydrogen) atoms. The minimum Gasteiger partial charge on any atom is -0.351 e. The number of aromatic nitrogens is 2. The topological polar surface area (TPSA) is 78.4 Å². The zero-order valence-corrected chi connectivity index (χ0v) is 14.9. The first kappa shape index (κ1) is 18.0. The third-order valence-electron chi connectivity index (χ3n) is 4.36. The predicted octanol–water partition coefficient (Wildman–Crippen LogP) is 0.859. The molecule has 0 aliphatic carbocycles. The molecule has 0 saturated carbocycles. The number of hydrogen-bond donors (Lipinski definition) is 1. The van der Waals surface area contributed by atoms with E-state index in [1.54, 1.807) is 11.1 Å². The summed E-state index contributed by atoms with van der Waals surface area (Å²) >= 11 is 0. The summed E-state index contributed by atoms with van der Waals surface area (Å²) in [6, 6.07) is 9.83. The van der Waals surface area contributed by atoms with E-state index in [2.05, 4.69) is 20.2 Å². The summed E-state index contributed by atoms with van der Waals surface area (Å²) in [4.78, 5) is 36.6. The maximum atomic E-state index is 12.4. The van der Waals surface area contributed by atoms with Crippen LogP contribution in [-0.4, -0.2) is 64.3 Å². The van der Waals surface area contributed by atoms with Gasteiger partial charge in [0.15, 0.2) is 0 Å². The van der Waals surface area contributed by atoms with E-state index in [9.17, 15) is 9.59 Å². The first-order chi connectivity index (χ1) is 12.6. The highest BCUT2D eigenvalue weighted by Gasteiger charge is 2.24. The van der Waals surface area contributed by atoms with E-state index in [1.165, 1.54) is 6.20 Å². The van der Waals surface area contributed by atoms with Gasteiger partial charge in [-0.05, 0) is 12.5 Å². The van der Waals surface area contributed by atoms with Gasteiger partial charge in [0.1, 0.15) is 5.69 Å². The van der Waals surface area contributed by atoms with E-state index in [-0.39, 0.29) is 11.8 Å². The van der Waals surface area contributed by atoms with E-state index in [0.717, 1.165) is 11.3 Å². The number of amides is 2. The van der Waals surface area contributed by atoms with Gasteiger partial charge in [0.05, 0.1) is 18.4 Å². The molecule has 1 aromatic carbocycles. The van der Waals surface area contributed by atoms with E-state index in [1.807, 2.05) is 37.3 Å². The molecule has 7 heteroatoms. The van der Waals surface area contributed by atoms with Crippen LogP contribution in [0.15, 0.2) is 42.7 Å². The lowest BCUT2D eigenvalue weighted by atomic mass is 10.2. The van der Waals surface area contributed by atoms with E-state index >= 15 is 0 Å². The average molecular weight is 353 g/mol. The summed E-state index contributed by atoms with van der Waals surface area (Å²) in [7, 11) is 0. The molecule has 2 amide bonds. The summed E-state index contributed by atoms with van der Waals surface area (Å²) in [5.41, 5.74) is 2.23. The molecule has 2 heterocycles. The van der Waals surface area contributed by atoms with Crippen molar-refractivity contribution in [3.8, 4) is 0 Å². The number of piperazine rings is 1. The summed E-state index contributed by atoms with van der Waals surface area (Å²) in [5, 5.41) is 2.93. The average Bonchev–Trinajstić information content (AvgIpc) is 2.68. The Morgan fingerprint density at radius 2 is 1.77 bits per heavy atom. The Hall–Kier alpha value is -2.80. The molecule has 1 aliphatic rings. The van der Waals surface area contributed by atoms with Crippen molar-refractivity contribution < 1.29 is 9.59 Å². The van der Waals surface area contributed by atoms with Crippen molar-refractivity contribution in [2.75, 3.05) is 32.7 Å². The third-order valence-corrected chi connectivity index (χ3v) is 4.36. The number of benzene rings is 1. The van der Waals surface area contributed by atoms with Crippen LogP contribution in [0.3, 0.4) is 0 Å². The molecule has 1 fully saturated rings. The standard InChI is InChI=1S/C19H23N5O2/c1-15-11-21-17(13-20-15)19(26)24-9-7-23(8-10-24)14-18(25)22-12-16-5-3-2-4-6-16/h2-6,11,13H,7-10,12,14H2,1H3,(H,22,25). The second-order valence-electron chi connectivity index (χ2n) is 6.37. The normalized spacial score (nSPS) is 14.9. The first-order valence-corrected chi connectivity index (χ1v) is 8.73. The molecule has 0 spiro atoms. The second-order valence-corrected chi connectivity index (χ2v) is 6.37. The largest absolute Gasteiger partial charge is 0.351 e. The highest BCUT2D eigenvalue weighted by atomic mass is 16.2. The van der Waals surface area contributed by atoms with Gasteiger partial charge in [-0.3, -0.25) is 19.5 Å². The molecule has 1 aromatic heterocycles. The summed E-state index contributed by atoms with van der Waals surface area (Å²) < 4.78 is 0. The van der Waals surface area contributed by atoms with Crippen LogP contribution in [0.1, 0.15) is 21.7 Å². The van der Waals surface area contributed by atoms with Gasteiger partial charge >= 0.3 is 0 Å². The lowest BCUT2D eigenvalue weighted by Crippen LogP contribution is -2.51. The van der Waals surface area contributed by atoms with Crippen LogP contribution in [0, 0.1) is 6.92 Å². The van der Waals surface area contributed by atoms with Crippen LogP contribution in [-0.2, 0) is 11.3 Å². The highest BCUT2D eigenvalue weighted by molar-refractivity contribution is 5.92. The number of rotatable bonds is 5. The molecular weight excluding hydrogens is 330 g/mol. The van der Waals surface area contributed by atoms with Gasteiger partial charge in [-0.25, -0.2) is 4.98 Å². The highest BCUT2D eigenvalue weighted by Crippen LogP contribution is 2.07. The fourth-order valence-corrected chi connectivity index (χ4v) is 2.83. The lowest BCUT2D eigenvalue weighted by Gasteiger charge is -2.34. The monoisotopic (exact) mass is 353 g/mol. The minimum atomic E-state index is -0.106. The van der Waals surface area contributed by atoms with Gasteiger partial charge in [0.2, 0.25) is 5.91 Å². The Morgan fingerprint density at radius 3 is 2.42 bits per heavy atom. The minimum absolute atomic E-state index is 0.00182. The molecule has 3 rings (SSSR count). The Kier molecular flexibility index (Phi) is 5.91. The van der Waals surface area contributed by atoms with Gasteiger partial charge in [0.25, 0.3) is 5.91 Å². The smallest absolute Gasteiger partial charge is 0.274 e. The molecule has 2 aromatic rings. The fourth-order valence-electron chi connectivity index (χ4n) is 2.83. The van der Waals surface area contributed by atoms with Gasteiger partial charge in [0, 0.05) is 38.9 Å². The summed E-state index contributed by atoms with van der Waals surface area (Å²) in [6.45, 7) is 5.22. The van der Waals surface area contributed by atoms with Crippen molar-refractivity contribution >= 4 is 11.8 Å². The van der Waals surface area contributed by atoms with Gasteiger partial charge in [-0.1, -0.05) is 30.3 Å².